The molecule has 4 N–H and O–H groups in total. The number of benzene rings is 1. The Balaban J connectivity index is 1.65. The van der Waals surface area contributed by atoms with Crippen molar-refractivity contribution >= 4 is 17.5 Å². The summed E-state index contributed by atoms with van der Waals surface area (Å²) < 4.78 is 0. The van der Waals surface area contributed by atoms with Gasteiger partial charge in [0.25, 0.3) is 5.91 Å². The molecular formula is C16H22N4O2. The third kappa shape index (κ3) is 3.13. The highest BCUT2D eigenvalue weighted by atomic mass is 16.2. The van der Waals surface area contributed by atoms with Crippen LogP contribution in [0, 0.1) is 0 Å². The van der Waals surface area contributed by atoms with Crippen LogP contribution in [-0.4, -0.2) is 43.5 Å². The van der Waals surface area contributed by atoms with E-state index in [0.29, 0.717) is 18.7 Å². The molecule has 6 heteroatoms. The Hall–Kier alpha value is -1.92. The molecule has 1 aliphatic carbocycles. The molecule has 22 heavy (non-hydrogen) atoms. The number of hydrogen-bond donors (Lipinski definition) is 3. The van der Waals surface area contributed by atoms with Gasteiger partial charge in [-0.1, -0.05) is 0 Å². The first-order valence-electron chi connectivity index (χ1n) is 7.83. The van der Waals surface area contributed by atoms with Gasteiger partial charge in [-0.3, -0.25) is 9.59 Å². The largest absolute Gasteiger partial charge is 0.348 e. The number of anilines is 1. The minimum absolute atomic E-state index is 0.0559. The van der Waals surface area contributed by atoms with E-state index in [9.17, 15) is 9.59 Å². The second-order valence-electron chi connectivity index (χ2n) is 5.94. The van der Waals surface area contributed by atoms with Crippen molar-refractivity contribution in [2.45, 2.75) is 31.3 Å². The van der Waals surface area contributed by atoms with Crippen LogP contribution in [0.15, 0.2) is 24.3 Å². The van der Waals surface area contributed by atoms with Crippen LogP contribution in [0.2, 0.25) is 0 Å². The monoisotopic (exact) mass is 302 g/mol. The van der Waals surface area contributed by atoms with Crippen molar-refractivity contribution in [3.8, 4) is 0 Å². The van der Waals surface area contributed by atoms with E-state index in [0.717, 1.165) is 31.5 Å². The van der Waals surface area contributed by atoms with Crippen LogP contribution in [0.5, 0.6) is 0 Å². The highest BCUT2D eigenvalue weighted by Crippen LogP contribution is 2.19. The number of piperazine rings is 1. The maximum atomic E-state index is 12.2. The number of rotatable bonds is 3. The van der Waals surface area contributed by atoms with Crippen LogP contribution in [0.3, 0.4) is 0 Å². The van der Waals surface area contributed by atoms with Gasteiger partial charge in [-0.05, 0) is 43.5 Å². The number of hydrogen-bond acceptors (Lipinski definition) is 4. The zero-order valence-electron chi connectivity index (χ0n) is 12.5. The molecule has 1 aromatic rings. The molecule has 1 saturated carbocycles. The molecule has 0 aromatic heterocycles. The molecule has 2 atom stereocenters. The fourth-order valence-electron chi connectivity index (χ4n) is 3.09. The summed E-state index contributed by atoms with van der Waals surface area (Å²) in [6.07, 6.45) is 2.98. The van der Waals surface area contributed by atoms with Crippen LogP contribution in [0.4, 0.5) is 5.69 Å². The second-order valence-corrected chi connectivity index (χ2v) is 5.94. The predicted octanol–water partition coefficient (Wildman–Crippen LogP) is 0.232. The van der Waals surface area contributed by atoms with Crippen molar-refractivity contribution in [1.29, 1.82) is 0 Å². The Labute approximate surface area is 130 Å². The number of nitrogens with two attached hydrogens (primary N) is 1. The molecule has 1 aliphatic heterocycles. The van der Waals surface area contributed by atoms with E-state index in [2.05, 4.69) is 10.6 Å². The van der Waals surface area contributed by atoms with Crippen molar-refractivity contribution in [3.05, 3.63) is 29.8 Å². The average molecular weight is 302 g/mol. The molecule has 1 aromatic carbocycles. The summed E-state index contributed by atoms with van der Waals surface area (Å²) in [5.41, 5.74) is 7.41. The molecule has 0 spiro atoms. The molecule has 2 aliphatic rings. The molecule has 118 valence electrons. The molecule has 6 nitrogen and oxygen atoms in total. The first kappa shape index (κ1) is 15.0. The third-order valence-electron chi connectivity index (χ3n) is 4.42. The summed E-state index contributed by atoms with van der Waals surface area (Å²) in [5.74, 6) is -0.0408. The number of carbonyl (C=O) groups excluding carboxylic acids is 2. The lowest BCUT2D eigenvalue weighted by Crippen LogP contribution is -2.48. The lowest BCUT2D eigenvalue weighted by atomic mass is 10.1. The molecule has 3 rings (SSSR count). The Morgan fingerprint density at radius 2 is 2.05 bits per heavy atom. The molecular weight excluding hydrogens is 280 g/mol. The molecule has 0 radical (unpaired) electrons. The first-order chi connectivity index (χ1) is 10.6. The standard InChI is InChI=1S/C16H22N4O2/c17-13-2-1-3-14(13)19-16(22)11-4-6-12(7-5-11)20-9-8-18-10-15(20)21/h4-7,13-14,18H,1-3,8-10,17H2,(H,19,22). The van der Waals surface area contributed by atoms with Crippen LogP contribution < -0.4 is 21.3 Å². The molecule has 2 fully saturated rings. The van der Waals surface area contributed by atoms with E-state index in [1.54, 1.807) is 17.0 Å². The van der Waals surface area contributed by atoms with Gasteiger partial charge in [0.2, 0.25) is 5.91 Å². The zero-order chi connectivity index (χ0) is 15.5. The SMILES string of the molecule is NC1CCCC1NC(=O)c1ccc(N2CCNCC2=O)cc1. The minimum atomic E-state index is -0.0967. The van der Waals surface area contributed by atoms with Crippen molar-refractivity contribution in [3.63, 3.8) is 0 Å². The zero-order valence-corrected chi connectivity index (χ0v) is 12.5. The fourth-order valence-corrected chi connectivity index (χ4v) is 3.09. The molecule has 2 unspecified atom stereocenters. The molecule has 1 heterocycles. The lowest BCUT2D eigenvalue weighted by Gasteiger charge is -2.27. The second kappa shape index (κ2) is 6.46. The Kier molecular flexibility index (Phi) is 4.40. The van der Waals surface area contributed by atoms with Gasteiger partial charge >= 0.3 is 0 Å². The third-order valence-corrected chi connectivity index (χ3v) is 4.42. The highest BCUT2D eigenvalue weighted by molar-refractivity contribution is 5.97. The summed E-state index contributed by atoms with van der Waals surface area (Å²) in [5, 5.41) is 6.04. The maximum Gasteiger partial charge on any atom is 0.251 e. The van der Waals surface area contributed by atoms with Gasteiger partial charge < -0.3 is 21.3 Å². The topological polar surface area (TPSA) is 87.5 Å². The molecule has 2 amide bonds. The number of nitrogens with one attached hydrogen (secondary N) is 2. The lowest BCUT2D eigenvalue weighted by molar-refractivity contribution is -0.118. The summed E-state index contributed by atoms with van der Waals surface area (Å²) in [6, 6.07) is 7.31. The number of carbonyl (C=O) groups is 2. The first-order valence-corrected chi connectivity index (χ1v) is 7.83. The summed E-state index contributed by atoms with van der Waals surface area (Å²) in [4.78, 5) is 25.8. The Bertz CT molecular complexity index is 558. The molecule has 0 bridgehead atoms. The number of nitrogens with zero attached hydrogens (tertiary/aromatic N) is 1. The quantitative estimate of drug-likeness (QED) is 0.746. The minimum Gasteiger partial charge on any atom is -0.348 e. The van der Waals surface area contributed by atoms with Gasteiger partial charge in [0.15, 0.2) is 0 Å². The Morgan fingerprint density at radius 3 is 2.68 bits per heavy atom. The van der Waals surface area contributed by atoms with Crippen LogP contribution in [0.1, 0.15) is 29.6 Å². The van der Waals surface area contributed by atoms with Crippen LogP contribution >= 0.6 is 0 Å². The van der Waals surface area contributed by atoms with Gasteiger partial charge in [-0.2, -0.15) is 0 Å². The summed E-state index contributed by atoms with van der Waals surface area (Å²) in [7, 11) is 0. The van der Waals surface area contributed by atoms with Gasteiger partial charge in [0, 0.05) is 36.4 Å². The smallest absolute Gasteiger partial charge is 0.251 e. The van der Waals surface area contributed by atoms with E-state index >= 15 is 0 Å². The van der Waals surface area contributed by atoms with E-state index in [1.165, 1.54) is 0 Å². The van der Waals surface area contributed by atoms with Crippen LogP contribution in [-0.2, 0) is 4.79 Å². The van der Waals surface area contributed by atoms with Crippen molar-refractivity contribution in [2.24, 2.45) is 5.73 Å². The molecule has 1 saturated heterocycles. The predicted molar refractivity (Wildman–Crippen MR) is 84.7 cm³/mol. The number of amides is 2. The highest BCUT2D eigenvalue weighted by Gasteiger charge is 2.25. The fraction of sp³-hybridized carbons (Fsp3) is 0.500. The van der Waals surface area contributed by atoms with Crippen molar-refractivity contribution < 1.29 is 9.59 Å². The Morgan fingerprint density at radius 1 is 1.27 bits per heavy atom. The van der Waals surface area contributed by atoms with E-state index in [1.807, 2.05) is 12.1 Å². The average Bonchev–Trinajstić information content (AvgIpc) is 2.93. The van der Waals surface area contributed by atoms with E-state index in [-0.39, 0.29) is 23.9 Å². The van der Waals surface area contributed by atoms with E-state index in [4.69, 9.17) is 5.73 Å². The maximum absolute atomic E-state index is 12.2. The summed E-state index contributed by atoms with van der Waals surface area (Å²) >= 11 is 0. The van der Waals surface area contributed by atoms with Gasteiger partial charge in [0.05, 0.1) is 6.54 Å². The summed E-state index contributed by atoms with van der Waals surface area (Å²) in [6.45, 7) is 1.80. The van der Waals surface area contributed by atoms with Gasteiger partial charge in [-0.25, -0.2) is 0 Å². The van der Waals surface area contributed by atoms with Gasteiger partial charge in [0.1, 0.15) is 0 Å². The van der Waals surface area contributed by atoms with Crippen LogP contribution in [0.25, 0.3) is 0 Å². The normalized spacial score (nSPS) is 25.3. The van der Waals surface area contributed by atoms with E-state index < -0.39 is 0 Å². The van der Waals surface area contributed by atoms with Crippen molar-refractivity contribution in [2.75, 3.05) is 24.5 Å². The van der Waals surface area contributed by atoms with Gasteiger partial charge in [-0.15, -0.1) is 0 Å². The van der Waals surface area contributed by atoms with Crippen molar-refractivity contribution in [1.82, 2.24) is 10.6 Å².